The van der Waals surface area contributed by atoms with Gasteiger partial charge in [0.05, 0.1) is 0 Å². The van der Waals surface area contributed by atoms with Gasteiger partial charge in [-0.15, -0.1) is 4.91 Å². The van der Waals surface area contributed by atoms with Crippen LogP contribution in [-0.4, -0.2) is 10.8 Å². The van der Waals surface area contributed by atoms with Crippen LogP contribution in [0.3, 0.4) is 0 Å². The molecule has 0 saturated heterocycles. The van der Waals surface area contributed by atoms with E-state index in [4.69, 9.17) is 0 Å². The topological polar surface area (TPSA) is 49.7 Å². The molecular weight excluding hydrogens is 367 g/mol. The van der Waals surface area contributed by atoms with Crippen molar-refractivity contribution in [3.63, 3.8) is 0 Å². The summed E-state index contributed by atoms with van der Waals surface area (Å²) in [6.45, 7) is 9.51. The minimum absolute atomic E-state index is 0.153. The number of nitrogens with zero attached hydrogens (tertiary/aromatic N) is 2. The van der Waals surface area contributed by atoms with E-state index in [0.29, 0.717) is 17.2 Å². The summed E-state index contributed by atoms with van der Waals surface area (Å²) >= 11 is 0. The molecule has 0 spiro atoms. The minimum Gasteiger partial charge on any atom is -0.312 e. The number of carbonyl (C=O) groups excluding carboxylic acids is 1. The van der Waals surface area contributed by atoms with Crippen molar-refractivity contribution in [2.75, 3.05) is 0 Å². The van der Waals surface area contributed by atoms with Crippen LogP contribution in [0.1, 0.15) is 31.4 Å². The molecule has 0 saturated carbocycles. The van der Waals surface area contributed by atoms with E-state index in [1.54, 1.807) is 43.2 Å². The summed E-state index contributed by atoms with van der Waals surface area (Å²) in [5.74, 6) is -0.729. The molecule has 1 heterocycles. The van der Waals surface area contributed by atoms with Crippen molar-refractivity contribution in [1.29, 1.82) is 0 Å². The summed E-state index contributed by atoms with van der Waals surface area (Å²) in [6, 6.07) is 5.14. The van der Waals surface area contributed by atoms with Crippen LogP contribution >= 0.6 is 0 Å². The third-order valence-corrected chi connectivity index (χ3v) is 5.13. The van der Waals surface area contributed by atoms with Crippen LogP contribution in [-0.2, 0) is 4.79 Å². The molecule has 1 unspecified atom stereocenters. The molecule has 1 aromatic carbocycles. The van der Waals surface area contributed by atoms with E-state index in [-0.39, 0.29) is 11.5 Å². The Morgan fingerprint density at radius 2 is 2.07 bits per heavy atom. The van der Waals surface area contributed by atoms with Crippen LogP contribution in [0.2, 0.25) is 0 Å². The van der Waals surface area contributed by atoms with Crippen LogP contribution in [0, 0.1) is 23.6 Å². The number of hydrogen-bond donors (Lipinski definition) is 0. The van der Waals surface area contributed by atoms with Gasteiger partial charge in [-0.2, -0.15) is 0 Å². The smallest absolute Gasteiger partial charge is 0.312 e. The fourth-order valence-corrected chi connectivity index (χ4v) is 3.56. The van der Waals surface area contributed by atoms with Crippen LogP contribution in [0.4, 0.5) is 4.39 Å². The first-order chi connectivity index (χ1) is 13.8. The summed E-state index contributed by atoms with van der Waals surface area (Å²) in [4.78, 5) is 24.3. The number of amides is 1. The number of hydrogen-bond acceptors (Lipinski definition) is 3. The van der Waals surface area contributed by atoms with Crippen molar-refractivity contribution >= 4 is 11.5 Å². The maximum atomic E-state index is 13.8. The van der Waals surface area contributed by atoms with Gasteiger partial charge in [-0.1, -0.05) is 43.9 Å². The summed E-state index contributed by atoms with van der Waals surface area (Å²) in [7, 11) is 0. The van der Waals surface area contributed by atoms with Crippen molar-refractivity contribution in [3.8, 4) is 0 Å². The molecule has 2 aliphatic rings. The summed E-state index contributed by atoms with van der Waals surface area (Å²) in [6.07, 6.45) is 12.0. The Kier molecular flexibility index (Phi) is 5.87. The molecule has 5 heteroatoms. The number of allylic oxidation sites excluding steroid dienone is 8. The molecule has 1 aliphatic carbocycles. The van der Waals surface area contributed by atoms with Gasteiger partial charge in [0.1, 0.15) is 11.5 Å². The molecule has 1 aromatic rings. The molecule has 29 heavy (non-hydrogen) atoms. The fourth-order valence-electron chi connectivity index (χ4n) is 3.56. The first kappa shape index (κ1) is 20.4. The normalized spacial score (nSPS) is 19.5. The number of rotatable bonds is 4. The van der Waals surface area contributed by atoms with E-state index in [1.807, 2.05) is 12.1 Å². The lowest BCUT2D eigenvalue weighted by molar-refractivity contribution is -0.115. The first-order valence-corrected chi connectivity index (χ1v) is 9.46. The number of carbonyl (C=O) groups is 1. The molecule has 0 fully saturated rings. The van der Waals surface area contributed by atoms with Gasteiger partial charge in [-0.05, 0) is 72.2 Å². The van der Waals surface area contributed by atoms with E-state index in [1.165, 1.54) is 6.07 Å². The Bertz CT molecular complexity index is 1040. The number of nitroso groups, excluding NO2 is 1. The molecule has 1 amide bonds. The first-order valence-electron chi connectivity index (χ1n) is 9.46. The summed E-state index contributed by atoms with van der Waals surface area (Å²) in [5, 5.41) is 2.54. The lowest BCUT2D eigenvalue weighted by atomic mass is 9.83. The highest BCUT2D eigenvalue weighted by Crippen LogP contribution is 2.37. The monoisotopic (exact) mass is 390 g/mol. The lowest BCUT2D eigenvalue weighted by Gasteiger charge is -2.28. The number of aryl methyl sites for hydroxylation is 1. The second kappa shape index (κ2) is 8.35. The number of benzene rings is 1. The van der Waals surface area contributed by atoms with E-state index >= 15 is 0 Å². The molecule has 1 aliphatic heterocycles. The van der Waals surface area contributed by atoms with E-state index in [9.17, 15) is 14.1 Å². The minimum atomic E-state index is -0.851. The summed E-state index contributed by atoms with van der Waals surface area (Å²) in [5.41, 5.74) is 5.25. The van der Waals surface area contributed by atoms with Gasteiger partial charge in [0, 0.05) is 17.1 Å². The van der Waals surface area contributed by atoms with Crippen LogP contribution in [0.15, 0.2) is 89.1 Å². The molecule has 0 aromatic heterocycles. The summed E-state index contributed by atoms with van der Waals surface area (Å²) < 4.78 is 13.8. The Morgan fingerprint density at radius 3 is 2.72 bits per heavy atom. The predicted molar refractivity (Wildman–Crippen MR) is 114 cm³/mol. The van der Waals surface area contributed by atoms with E-state index in [0.717, 1.165) is 28.7 Å². The standard InChI is InChI=1S/C24H23FN2O2/c1-5-23(24(28)26-29)27-14-19(8-7-17(27)4)20-10-6-15(2)12-21(20)18-9-11-22(25)16(3)13-18/h5-11,13-15H,4,12H2,1-3H3/b23-5-. The number of halogens is 1. The lowest BCUT2D eigenvalue weighted by Crippen LogP contribution is -2.22. The van der Waals surface area contributed by atoms with Crippen molar-refractivity contribution in [2.24, 2.45) is 11.1 Å². The van der Waals surface area contributed by atoms with Crippen LogP contribution in [0.5, 0.6) is 0 Å². The molecule has 0 bridgehead atoms. The highest BCUT2D eigenvalue weighted by atomic mass is 19.1. The van der Waals surface area contributed by atoms with Crippen molar-refractivity contribution in [3.05, 3.63) is 106 Å². The highest BCUT2D eigenvalue weighted by Gasteiger charge is 2.23. The Morgan fingerprint density at radius 1 is 1.31 bits per heavy atom. The van der Waals surface area contributed by atoms with Gasteiger partial charge in [-0.25, -0.2) is 4.39 Å². The maximum Gasteiger partial charge on any atom is 0.333 e. The van der Waals surface area contributed by atoms with Gasteiger partial charge < -0.3 is 4.90 Å². The van der Waals surface area contributed by atoms with Crippen LogP contribution < -0.4 is 0 Å². The zero-order valence-corrected chi connectivity index (χ0v) is 16.8. The maximum absolute atomic E-state index is 13.8. The third kappa shape index (κ3) is 4.09. The molecular formula is C24H23FN2O2. The Hall–Kier alpha value is -3.34. The highest BCUT2D eigenvalue weighted by molar-refractivity contribution is 5.94. The van der Waals surface area contributed by atoms with Gasteiger partial charge in [0.15, 0.2) is 0 Å². The largest absolute Gasteiger partial charge is 0.333 e. The van der Waals surface area contributed by atoms with Gasteiger partial charge in [-0.3, -0.25) is 4.79 Å². The second-order valence-electron chi connectivity index (χ2n) is 7.25. The third-order valence-electron chi connectivity index (χ3n) is 5.13. The van der Waals surface area contributed by atoms with E-state index < -0.39 is 5.91 Å². The average molecular weight is 390 g/mol. The Labute approximate surface area is 170 Å². The zero-order chi connectivity index (χ0) is 21.1. The van der Waals surface area contributed by atoms with Crippen LogP contribution in [0.25, 0.3) is 5.57 Å². The van der Waals surface area contributed by atoms with E-state index in [2.05, 4.69) is 30.8 Å². The SMILES string of the molecule is C=C1C=CC(C2=C(c3ccc(F)c(C)c3)CC(C)C=C2)=CN1/C(=C\C)C(=O)N=O. The zero-order valence-electron chi connectivity index (χ0n) is 16.8. The van der Waals surface area contributed by atoms with Gasteiger partial charge in [0.25, 0.3) is 0 Å². The second-order valence-corrected chi connectivity index (χ2v) is 7.25. The molecule has 4 nitrogen and oxygen atoms in total. The Balaban J connectivity index is 2.13. The van der Waals surface area contributed by atoms with Gasteiger partial charge in [0.2, 0.25) is 0 Å². The fraction of sp³-hybridized carbons (Fsp3) is 0.208. The molecule has 3 rings (SSSR count). The quantitative estimate of drug-likeness (QED) is 0.471. The van der Waals surface area contributed by atoms with Crippen molar-refractivity contribution in [2.45, 2.75) is 27.2 Å². The molecule has 148 valence electrons. The molecule has 0 radical (unpaired) electrons. The molecule has 0 N–H and O–H groups in total. The molecule has 1 atom stereocenters. The van der Waals surface area contributed by atoms with Crippen molar-refractivity contribution in [1.82, 2.24) is 4.90 Å². The van der Waals surface area contributed by atoms with Gasteiger partial charge >= 0.3 is 5.91 Å². The predicted octanol–water partition coefficient (Wildman–Crippen LogP) is 5.95. The van der Waals surface area contributed by atoms with Crippen molar-refractivity contribution < 1.29 is 9.18 Å². The average Bonchev–Trinajstić information content (AvgIpc) is 2.71.